The van der Waals surface area contributed by atoms with Gasteiger partial charge in [0.1, 0.15) is 5.75 Å². The molecule has 0 saturated carbocycles. The number of phenols is 1. The van der Waals surface area contributed by atoms with Crippen molar-refractivity contribution >= 4 is 35.0 Å². The van der Waals surface area contributed by atoms with Crippen molar-refractivity contribution in [3.63, 3.8) is 0 Å². The molecule has 190 valence electrons. The van der Waals surface area contributed by atoms with Gasteiger partial charge in [0.05, 0.1) is 5.69 Å². The molecule has 37 heavy (non-hydrogen) atoms. The van der Waals surface area contributed by atoms with Crippen LogP contribution < -0.4 is 15.9 Å². The minimum atomic E-state index is -3.20. The molecule has 0 aliphatic heterocycles. The molecule has 0 aliphatic carbocycles. The molecule has 4 rings (SSSR count). The van der Waals surface area contributed by atoms with E-state index in [1.54, 1.807) is 6.21 Å². The molecule has 0 atom stereocenters. The zero-order chi connectivity index (χ0) is 26.8. The van der Waals surface area contributed by atoms with E-state index in [0.29, 0.717) is 16.6 Å². The van der Waals surface area contributed by atoms with Gasteiger partial charge in [-0.3, -0.25) is 4.99 Å². The maximum Gasteiger partial charge on any atom is 0.173 e. The first-order valence-corrected chi connectivity index (χ1v) is 14.4. The number of aromatic hydroxyl groups is 1. The molecular weight excluding hydrogens is 473 g/mol. The van der Waals surface area contributed by atoms with Crippen LogP contribution in [0.5, 0.6) is 5.75 Å². The third kappa shape index (κ3) is 5.48. The molecule has 4 aromatic carbocycles. The van der Waals surface area contributed by atoms with Crippen molar-refractivity contribution < 1.29 is 9.67 Å². The van der Waals surface area contributed by atoms with Crippen molar-refractivity contribution in [1.29, 1.82) is 0 Å². The third-order valence-corrected chi connectivity index (χ3v) is 9.72. The zero-order valence-corrected chi connectivity index (χ0v) is 23.5. The van der Waals surface area contributed by atoms with Crippen molar-refractivity contribution in [2.24, 2.45) is 4.99 Å². The summed E-state index contributed by atoms with van der Waals surface area (Å²) in [6, 6.07) is 30.9. The average Bonchev–Trinajstić information content (AvgIpc) is 2.87. The molecule has 0 amide bonds. The van der Waals surface area contributed by atoms with E-state index in [0.717, 1.165) is 21.7 Å². The van der Waals surface area contributed by atoms with E-state index in [9.17, 15) is 9.67 Å². The second kappa shape index (κ2) is 10.1. The Bertz CT molecular complexity index is 1420. The highest BCUT2D eigenvalue weighted by Crippen LogP contribution is 2.45. The monoisotopic (exact) mass is 509 g/mol. The number of nitrogens with zero attached hydrogens (tertiary/aromatic N) is 1. The van der Waals surface area contributed by atoms with Crippen molar-refractivity contribution in [3.8, 4) is 5.75 Å². The topological polar surface area (TPSA) is 49.7 Å². The van der Waals surface area contributed by atoms with Crippen LogP contribution in [-0.4, -0.2) is 11.3 Å². The molecule has 0 saturated heterocycles. The van der Waals surface area contributed by atoms with Crippen LogP contribution in [-0.2, 0) is 15.4 Å². The summed E-state index contributed by atoms with van der Waals surface area (Å²) >= 11 is 0. The van der Waals surface area contributed by atoms with Crippen LogP contribution in [0.1, 0.15) is 58.2 Å². The summed E-state index contributed by atoms with van der Waals surface area (Å²) in [7, 11) is -3.20. The van der Waals surface area contributed by atoms with Crippen LogP contribution in [0.15, 0.2) is 102 Å². The van der Waals surface area contributed by atoms with Crippen molar-refractivity contribution in [2.75, 3.05) is 0 Å². The van der Waals surface area contributed by atoms with Crippen molar-refractivity contribution in [3.05, 3.63) is 114 Å². The molecule has 0 bridgehead atoms. The molecule has 0 aromatic heterocycles. The van der Waals surface area contributed by atoms with Crippen LogP contribution in [0.25, 0.3) is 0 Å². The number of hydrogen-bond donors (Lipinski definition) is 1. The van der Waals surface area contributed by atoms with Gasteiger partial charge in [-0.25, -0.2) is 0 Å². The zero-order valence-electron chi connectivity index (χ0n) is 22.6. The van der Waals surface area contributed by atoms with E-state index < -0.39 is 7.14 Å². The second-order valence-corrected chi connectivity index (χ2v) is 14.2. The van der Waals surface area contributed by atoms with Crippen molar-refractivity contribution in [1.82, 2.24) is 0 Å². The lowest BCUT2D eigenvalue weighted by Gasteiger charge is -2.27. The van der Waals surface area contributed by atoms with E-state index >= 15 is 0 Å². The molecule has 1 N–H and O–H groups in total. The first-order chi connectivity index (χ1) is 17.4. The Hall–Kier alpha value is -3.42. The van der Waals surface area contributed by atoms with Gasteiger partial charge in [-0.15, -0.1) is 0 Å². The van der Waals surface area contributed by atoms with Crippen LogP contribution in [0.4, 0.5) is 5.69 Å². The summed E-state index contributed by atoms with van der Waals surface area (Å²) in [5.74, 6) is 0.232. The van der Waals surface area contributed by atoms with Crippen LogP contribution >= 0.6 is 7.14 Å². The molecule has 4 aromatic rings. The lowest BCUT2D eigenvalue weighted by Crippen LogP contribution is -2.25. The summed E-state index contributed by atoms with van der Waals surface area (Å²) < 4.78 is 15.0. The first kappa shape index (κ1) is 26.6. The first-order valence-electron chi connectivity index (χ1n) is 12.7. The Morgan fingerprint density at radius 2 is 1.22 bits per heavy atom. The summed E-state index contributed by atoms with van der Waals surface area (Å²) in [5.41, 5.74) is 2.96. The summed E-state index contributed by atoms with van der Waals surface area (Å²) in [5, 5.41) is 13.4. The molecule has 0 fully saturated rings. The largest absolute Gasteiger partial charge is 0.507 e. The molecule has 0 unspecified atom stereocenters. The standard InChI is InChI=1S/C33H36NO2P/c1-32(2,3)25-21-24(31(35)28(22-25)33(4,5)6)23-34-29-19-13-14-20-30(29)37(36,26-15-9-7-10-16-26)27-17-11-8-12-18-27/h7-23,35H,1-6H3/b34-23+. The predicted molar refractivity (Wildman–Crippen MR) is 159 cm³/mol. The minimum Gasteiger partial charge on any atom is -0.507 e. The minimum absolute atomic E-state index is 0.0927. The van der Waals surface area contributed by atoms with Crippen LogP contribution in [0, 0.1) is 0 Å². The fourth-order valence-electron chi connectivity index (χ4n) is 4.44. The molecule has 0 heterocycles. The van der Waals surface area contributed by atoms with Crippen LogP contribution in [0.2, 0.25) is 0 Å². The fourth-order valence-corrected chi connectivity index (χ4v) is 7.23. The van der Waals surface area contributed by atoms with E-state index in [4.69, 9.17) is 4.99 Å². The van der Waals surface area contributed by atoms with Gasteiger partial charge in [-0.2, -0.15) is 0 Å². The number of aliphatic imine (C=N–C) groups is 1. The highest BCUT2D eigenvalue weighted by Gasteiger charge is 2.32. The van der Waals surface area contributed by atoms with Gasteiger partial charge >= 0.3 is 0 Å². The SMILES string of the molecule is CC(C)(C)c1cc(/C=N/c2ccccc2P(=O)(c2ccccc2)c2ccccc2)c(O)c(C(C)(C)C)c1. The van der Waals surface area contributed by atoms with E-state index in [1.165, 1.54) is 0 Å². The van der Waals surface area contributed by atoms with Gasteiger partial charge < -0.3 is 9.67 Å². The van der Waals surface area contributed by atoms with Gasteiger partial charge in [-0.05, 0) is 34.6 Å². The Kier molecular flexibility index (Phi) is 7.31. The molecule has 0 spiro atoms. The lowest BCUT2D eigenvalue weighted by molar-refractivity contribution is 0.444. The normalized spacial score (nSPS) is 12.7. The summed E-state index contributed by atoms with van der Waals surface area (Å²) in [4.78, 5) is 4.84. The fraction of sp³-hybridized carbons (Fsp3) is 0.242. The second-order valence-electron chi connectivity index (χ2n) is 11.5. The maximum atomic E-state index is 15.0. The van der Waals surface area contributed by atoms with Crippen molar-refractivity contribution in [2.45, 2.75) is 52.4 Å². The third-order valence-electron chi connectivity index (χ3n) is 6.62. The van der Waals surface area contributed by atoms with E-state index in [2.05, 4.69) is 47.6 Å². The Morgan fingerprint density at radius 3 is 1.73 bits per heavy atom. The Labute approximate surface area is 221 Å². The summed E-state index contributed by atoms with van der Waals surface area (Å²) in [6.07, 6.45) is 1.71. The molecule has 0 radical (unpaired) electrons. The smallest absolute Gasteiger partial charge is 0.173 e. The number of rotatable bonds is 5. The summed E-state index contributed by atoms with van der Waals surface area (Å²) in [6.45, 7) is 12.8. The predicted octanol–water partition coefficient (Wildman–Crippen LogP) is 7.38. The van der Waals surface area contributed by atoms with Gasteiger partial charge in [0.2, 0.25) is 0 Å². The van der Waals surface area contributed by atoms with Crippen LogP contribution in [0.3, 0.4) is 0 Å². The van der Waals surface area contributed by atoms with Gasteiger partial charge in [0, 0.05) is 33.3 Å². The molecule has 4 heteroatoms. The number of para-hydroxylation sites is 1. The molecule has 3 nitrogen and oxygen atoms in total. The quantitative estimate of drug-likeness (QED) is 0.225. The highest BCUT2D eigenvalue weighted by atomic mass is 31.2. The number of phenolic OH excluding ortho intramolecular Hbond substituents is 1. The highest BCUT2D eigenvalue weighted by molar-refractivity contribution is 7.85. The Morgan fingerprint density at radius 1 is 0.703 bits per heavy atom. The average molecular weight is 510 g/mol. The van der Waals surface area contributed by atoms with E-state index in [-0.39, 0.29) is 16.6 Å². The van der Waals surface area contributed by atoms with Gasteiger partial charge in [-0.1, -0.05) is 120 Å². The number of hydrogen-bond acceptors (Lipinski definition) is 3. The maximum absolute atomic E-state index is 15.0. The van der Waals surface area contributed by atoms with E-state index in [1.807, 2.05) is 91.0 Å². The number of benzene rings is 4. The van der Waals surface area contributed by atoms with Gasteiger partial charge in [0.15, 0.2) is 7.14 Å². The van der Waals surface area contributed by atoms with Gasteiger partial charge in [0.25, 0.3) is 0 Å². The lowest BCUT2D eigenvalue weighted by atomic mass is 9.79. The molecule has 0 aliphatic rings. The Balaban J connectivity index is 1.91. The molecular formula is C33H36NO2P.